The minimum Gasteiger partial charge on any atom is -0.352 e. The normalized spacial score (nSPS) is 16.7. The van der Waals surface area contributed by atoms with E-state index in [4.69, 9.17) is 12.2 Å². The molecule has 0 spiro atoms. The number of carbonyl (C=O) groups is 1. The van der Waals surface area contributed by atoms with Gasteiger partial charge in [0, 0.05) is 12.2 Å². The number of nitrogens with zero attached hydrogens (tertiary/aromatic N) is 2. The lowest BCUT2D eigenvalue weighted by atomic mass is 10.3. The molecule has 0 radical (unpaired) electrons. The maximum atomic E-state index is 12.1. The van der Waals surface area contributed by atoms with Crippen molar-refractivity contribution in [2.24, 2.45) is 0 Å². The lowest BCUT2D eigenvalue weighted by Crippen LogP contribution is -2.32. The molecule has 18 heavy (non-hydrogen) atoms. The van der Waals surface area contributed by atoms with Crippen molar-refractivity contribution in [2.75, 3.05) is 0 Å². The first-order valence-corrected chi connectivity index (χ1v) is 6.43. The number of carbonyl (C=O) groups excluding carboxylic acids is 1. The summed E-state index contributed by atoms with van der Waals surface area (Å²) in [4.78, 5) is 19.4. The fourth-order valence-corrected chi connectivity index (χ4v) is 2.34. The van der Waals surface area contributed by atoms with Gasteiger partial charge in [-0.15, -0.1) is 0 Å². The Balaban J connectivity index is 1.99. The Hall–Kier alpha value is -1.69. The first-order chi connectivity index (χ1) is 8.66. The highest BCUT2D eigenvalue weighted by Crippen LogP contribution is 2.21. The molecule has 5 nitrogen and oxygen atoms in total. The van der Waals surface area contributed by atoms with Crippen LogP contribution in [0.5, 0.6) is 0 Å². The fraction of sp³-hybridized carbons (Fsp3) is 0.417. The van der Waals surface area contributed by atoms with Crippen LogP contribution in [0.25, 0.3) is 11.2 Å². The molecule has 2 heterocycles. The summed E-state index contributed by atoms with van der Waals surface area (Å²) in [6.07, 6.45) is 3.86. The van der Waals surface area contributed by atoms with Gasteiger partial charge in [0.05, 0.1) is 5.52 Å². The van der Waals surface area contributed by atoms with E-state index >= 15 is 0 Å². The van der Waals surface area contributed by atoms with Crippen LogP contribution in [0.15, 0.2) is 18.3 Å². The molecule has 0 bridgehead atoms. The van der Waals surface area contributed by atoms with Crippen LogP contribution in [-0.2, 0) is 4.79 Å². The smallest absolute Gasteiger partial charge is 0.243 e. The van der Waals surface area contributed by atoms with Crippen molar-refractivity contribution >= 4 is 29.3 Å². The number of fused-ring (bicyclic) bond motifs is 1. The summed E-state index contributed by atoms with van der Waals surface area (Å²) in [6.45, 7) is 1.84. The van der Waals surface area contributed by atoms with Gasteiger partial charge in [0.15, 0.2) is 10.4 Å². The molecule has 1 unspecified atom stereocenters. The van der Waals surface area contributed by atoms with E-state index in [1.54, 1.807) is 10.8 Å². The van der Waals surface area contributed by atoms with E-state index in [1.807, 2.05) is 19.1 Å². The first-order valence-electron chi connectivity index (χ1n) is 6.02. The van der Waals surface area contributed by atoms with Gasteiger partial charge in [0.2, 0.25) is 5.91 Å². The molecule has 3 rings (SSSR count). The standard InChI is InChI=1S/C12H14N4OS/c1-7(11(17)14-8-4-5-8)16-10-9(15-12(16)18)3-2-6-13-10/h2-3,6-8H,4-5H2,1H3,(H,14,17)(H,15,18). The van der Waals surface area contributed by atoms with Crippen molar-refractivity contribution in [2.45, 2.75) is 31.8 Å². The minimum absolute atomic E-state index is 0.000142. The van der Waals surface area contributed by atoms with Gasteiger partial charge >= 0.3 is 0 Å². The number of imidazole rings is 1. The van der Waals surface area contributed by atoms with Crippen LogP contribution in [0.3, 0.4) is 0 Å². The number of hydrogen-bond acceptors (Lipinski definition) is 3. The van der Waals surface area contributed by atoms with E-state index in [1.165, 1.54) is 0 Å². The SMILES string of the molecule is CC(C(=O)NC1CC1)n1c(=S)[nH]c2cccnc21. The third-order valence-electron chi connectivity index (χ3n) is 3.17. The number of H-pyrrole nitrogens is 1. The number of aromatic nitrogens is 3. The Bertz CT molecular complexity index is 655. The van der Waals surface area contributed by atoms with Gasteiger partial charge in [-0.05, 0) is 44.1 Å². The molecule has 1 aliphatic rings. The number of nitrogens with one attached hydrogen (secondary N) is 2. The molecule has 0 saturated heterocycles. The van der Waals surface area contributed by atoms with Crippen LogP contribution >= 0.6 is 12.2 Å². The zero-order chi connectivity index (χ0) is 12.7. The van der Waals surface area contributed by atoms with E-state index in [9.17, 15) is 4.79 Å². The number of aromatic amines is 1. The van der Waals surface area contributed by atoms with Gasteiger partial charge in [0.1, 0.15) is 6.04 Å². The third kappa shape index (κ3) is 1.92. The highest BCUT2D eigenvalue weighted by molar-refractivity contribution is 7.71. The first kappa shape index (κ1) is 11.4. The van der Waals surface area contributed by atoms with Crippen LogP contribution < -0.4 is 5.32 Å². The second-order valence-corrected chi connectivity index (χ2v) is 5.02. The van der Waals surface area contributed by atoms with Crippen molar-refractivity contribution in [3.63, 3.8) is 0 Å². The van der Waals surface area contributed by atoms with Crippen molar-refractivity contribution < 1.29 is 4.79 Å². The number of hydrogen-bond donors (Lipinski definition) is 2. The Morgan fingerprint density at radius 3 is 3.17 bits per heavy atom. The molecule has 1 aliphatic carbocycles. The van der Waals surface area contributed by atoms with Crippen molar-refractivity contribution in [1.29, 1.82) is 0 Å². The highest BCUT2D eigenvalue weighted by Gasteiger charge is 2.27. The van der Waals surface area contributed by atoms with Crippen LogP contribution in [0.1, 0.15) is 25.8 Å². The van der Waals surface area contributed by atoms with E-state index in [0.717, 1.165) is 24.0 Å². The molecule has 6 heteroatoms. The third-order valence-corrected chi connectivity index (χ3v) is 3.46. The lowest BCUT2D eigenvalue weighted by Gasteiger charge is -2.13. The second-order valence-electron chi connectivity index (χ2n) is 4.63. The monoisotopic (exact) mass is 262 g/mol. The Morgan fingerprint density at radius 1 is 1.67 bits per heavy atom. The summed E-state index contributed by atoms with van der Waals surface area (Å²) < 4.78 is 2.30. The van der Waals surface area contributed by atoms with Crippen LogP contribution in [0.2, 0.25) is 0 Å². The Morgan fingerprint density at radius 2 is 2.44 bits per heavy atom. The van der Waals surface area contributed by atoms with E-state index in [2.05, 4.69) is 15.3 Å². The summed E-state index contributed by atoms with van der Waals surface area (Å²) >= 11 is 5.27. The molecular formula is C12H14N4OS. The second kappa shape index (κ2) is 4.20. The molecule has 1 amide bonds. The predicted molar refractivity (Wildman–Crippen MR) is 70.8 cm³/mol. The summed E-state index contributed by atoms with van der Waals surface area (Å²) in [6, 6.07) is 3.75. The summed E-state index contributed by atoms with van der Waals surface area (Å²) in [5.74, 6) is 0.000142. The van der Waals surface area contributed by atoms with Crippen molar-refractivity contribution in [3.8, 4) is 0 Å². The van der Waals surface area contributed by atoms with Gasteiger partial charge in [-0.2, -0.15) is 0 Å². The van der Waals surface area contributed by atoms with E-state index in [-0.39, 0.29) is 11.9 Å². The molecular weight excluding hydrogens is 248 g/mol. The quantitative estimate of drug-likeness (QED) is 0.831. The van der Waals surface area contributed by atoms with E-state index < -0.39 is 0 Å². The number of rotatable bonds is 3. The summed E-state index contributed by atoms with van der Waals surface area (Å²) in [7, 11) is 0. The summed E-state index contributed by atoms with van der Waals surface area (Å²) in [5.41, 5.74) is 1.58. The largest absolute Gasteiger partial charge is 0.352 e. The fourth-order valence-electron chi connectivity index (χ4n) is 1.98. The molecule has 2 aromatic heterocycles. The molecule has 0 aromatic carbocycles. The number of amides is 1. The topological polar surface area (TPSA) is 62.7 Å². The molecule has 1 atom stereocenters. The van der Waals surface area contributed by atoms with Crippen LogP contribution in [0, 0.1) is 4.77 Å². The van der Waals surface area contributed by atoms with Crippen LogP contribution in [-0.4, -0.2) is 26.5 Å². The zero-order valence-corrected chi connectivity index (χ0v) is 10.8. The molecule has 94 valence electrons. The van der Waals surface area contributed by atoms with Gasteiger partial charge in [-0.3, -0.25) is 9.36 Å². The maximum absolute atomic E-state index is 12.1. The molecule has 1 saturated carbocycles. The number of pyridine rings is 1. The average molecular weight is 262 g/mol. The lowest BCUT2D eigenvalue weighted by molar-refractivity contribution is -0.123. The van der Waals surface area contributed by atoms with Gasteiger partial charge in [-0.25, -0.2) is 4.98 Å². The van der Waals surface area contributed by atoms with Crippen molar-refractivity contribution in [1.82, 2.24) is 19.9 Å². The Labute approximate surface area is 109 Å². The maximum Gasteiger partial charge on any atom is 0.243 e. The molecule has 1 fully saturated rings. The van der Waals surface area contributed by atoms with Gasteiger partial charge in [0.25, 0.3) is 0 Å². The van der Waals surface area contributed by atoms with E-state index in [0.29, 0.717) is 10.8 Å². The van der Waals surface area contributed by atoms with Crippen LogP contribution in [0.4, 0.5) is 0 Å². The Kier molecular flexibility index (Phi) is 2.66. The molecule has 2 aromatic rings. The molecule has 2 N–H and O–H groups in total. The van der Waals surface area contributed by atoms with Gasteiger partial charge < -0.3 is 10.3 Å². The average Bonchev–Trinajstić information content (AvgIpc) is 3.09. The predicted octanol–water partition coefficient (Wildman–Crippen LogP) is 1.93. The van der Waals surface area contributed by atoms with Gasteiger partial charge in [-0.1, -0.05) is 0 Å². The highest BCUT2D eigenvalue weighted by atomic mass is 32.1. The molecule has 0 aliphatic heterocycles. The zero-order valence-electron chi connectivity index (χ0n) is 10.0. The minimum atomic E-state index is -0.346. The van der Waals surface area contributed by atoms with Crippen molar-refractivity contribution in [3.05, 3.63) is 23.1 Å². The summed E-state index contributed by atoms with van der Waals surface area (Å²) in [5, 5.41) is 2.99.